The molecule has 0 aliphatic carbocycles. The predicted octanol–water partition coefficient (Wildman–Crippen LogP) is 7.44. The van der Waals surface area contributed by atoms with E-state index in [4.69, 9.17) is 0 Å². The average molecular weight is 494 g/mol. The lowest BCUT2D eigenvalue weighted by Crippen LogP contribution is -2.18. The molecule has 0 aliphatic heterocycles. The van der Waals surface area contributed by atoms with Gasteiger partial charge in [0.2, 0.25) is 0 Å². The zero-order valence-electron chi connectivity index (χ0n) is 17.2. The summed E-state index contributed by atoms with van der Waals surface area (Å²) < 4.78 is 108. The topological polar surface area (TPSA) is 34.1 Å². The summed E-state index contributed by atoms with van der Waals surface area (Å²) in [6, 6.07) is 19.7. The number of alkyl halides is 6. The van der Waals surface area contributed by atoms with Crippen molar-refractivity contribution in [1.82, 2.24) is 0 Å². The number of sulfone groups is 1. The molecule has 0 bridgehead atoms. The van der Waals surface area contributed by atoms with Gasteiger partial charge in [0.15, 0.2) is 9.84 Å². The maximum Gasteiger partial charge on any atom is 0.416 e. The number of hydrogen-bond donors (Lipinski definition) is 0. The lowest BCUT2D eigenvalue weighted by atomic mass is 9.98. The largest absolute Gasteiger partial charge is 0.416 e. The number of halogens is 6. The van der Waals surface area contributed by atoms with Crippen LogP contribution in [0.5, 0.6) is 0 Å². The SMILES string of the molecule is O=S(=O)(c1cc(C(F)(F)F)cc(C(F)(F)F)c1)C(c1ccccc1)c1cccc2ccccc12. The summed E-state index contributed by atoms with van der Waals surface area (Å²) in [7, 11) is -4.76. The monoisotopic (exact) mass is 494 g/mol. The second-order valence-corrected chi connectivity index (χ2v) is 9.68. The van der Waals surface area contributed by atoms with Crippen LogP contribution in [0.1, 0.15) is 27.5 Å². The van der Waals surface area contributed by atoms with Gasteiger partial charge in [-0.2, -0.15) is 26.3 Å². The van der Waals surface area contributed by atoms with E-state index in [1.807, 2.05) is 0 Å². The van der Waals surface area contributed by atoms with Crippen LogP contribution >= 0.6 is 0 Å². The lowest BCUT2D eigenvalue weighted by Gasteiger charge is -2.22. The molecule has 0 N–H and O–H groups in total. The minimum Gasteiger partial charge on any atom is -0.223 e. The van der Waals surface area contributed by atoms with E-state index in [1.165, 1.54) is 18.2 Å². The lowest BCUT2D eigenvalue weighted by molar-refractivity contribution is -0.143. The first kappa shape index (κ1) is 23.8. The number of hydrogen-bond acceptors (Lipinski definition) is 2. The van der Waals surface area contributed by atoms with Gasteiger partial charge in [-0.3, -0.25) is 0 Å². The van der Waals surface area contributed by atoms with E-state index >= 15 is 0 Å². The van der Waals surface area contributed by atoms with Crippen molar-refractivity contribution >= 4 is 20.6 Å². The predicted molar refractivity (Wildman–Crippen MR) is 116 cm³/mol. The van der Waals surface area contributed by atoms with E-state index in [-0.39, 0.29) is 29.3 Å². The molecule has 0 saturated carbocycles. The number of rotatable bonds is 4. The van der Waals surface area contributed by atoms with Gasteiger partial charge in [0, 0.05) is 0 Å². The highest BCUT2D eigenvalue weighted by Crippen LogP contribution is 2.42. The maximum atomic E-state index is 13.8. The van der Waals surface area contributed by atoms with Crippen LogP contribution in [0.4, 0.5) is 26.3 Å². The van der Waals surface area contributed by atoms with E-state index in [0.29, 0.717) is 10.8 Å². The molecule has 0 amide bonds. The molecule has 0 aromatic heterocycles. The summed E-state index contributed by atoms with van der Waals surface area (Å²) in [6.45, 7) is 0. The second-order valence-electron chi connectivity index (χ2n) is 7.65. The first-order chi connectivity index (χ1) is 15.9. The Balaban J connectivity index is 2.03. The van der Waals surface area contributed by atoms with Crippen LogP contribution in [-0.2, 0) is 22.2 Å². The highest BCUT2D eigenvalue weighted by Gasteiger charge is 2.40. The molecule has 34 heavy (non-hydrogen) atoms. The summed E-state index contributed by atoms with van der Waals surface area (Å²) >= 11 is 0. The van der Waals surface area contributed by atoms with Crippen molar-refractivity contribution in [2.45, 2.75) is 22.5 Å². The third-order valence-electron chi connectivity index (χ3n) is 5.41. The fraction of sp³-hybridized carbons (Fsp3) is 0.120. The molecule has 0 saturated heterocycles. The van der Waals surface area contributed by atoms with Crippen LogP contribution in [0, 0.1) is 0 Å². The van der Waals surface area contributed by atoms with E-state index in [2.05, 4.69) is 0 Å². The first-order valence-electron chi connectivity index (χ1n) is 9.95. The minimum atomic E-state index is -5.17. The van der Waals surface area contributed by atoms with Gasteiger partial charge in [-0.15, -0.1) is 0 Å². The fourth-order valence-electron chi connectivity index (χ4n) is 3.86. The smallest absolute Gasteiger partial charge is 0.223 e. The normalized spacial score (nSPS) is 13.7. The van der Waals surface area contributed by atoms with Gasteiger partial charge in [0.05, 0.1) is 16.0 Å². The van der Waals surface area contributed by atoms with Gasteiger partial charge >= 0.3 is 12.4 Å². The second kappa shape index (κ2) is 8.47. The zero-order valence-corrected chi connectivity index (χ0v) is 18.0. The molecule has 1 atom stereocenters. The third-order valence-corrected chi connectivity index (χ3v) is 7.45. The summed E-state index contributed by atoms with van der Waals surface area (Å²) in [4.78, 5) is -1.06. The molecular weight excluding hydrogens is 478 g/mol. The van der Waals surface area contributed by atoms with Crippen molar-refractivity contribution in [2.75, 3.05) is 0 Å². The molecule has 4 aromatic rings. The Bertz CT molecular complexity index is 1400. The molecule has 4 rings (SSSR count). The summed E-state index contributed by atoms with van der Waals surface area (Å²) in [5, 5.41) is -0.342. The summed E-state index contributed by atoms with van der Waals surface area (Å²) in [5.41, 5.74) is -2.92. The Labute approximate surface area is 191 Å². The third kappa shape index (κ3) is 4.52. The molecule has 0 radical (unpaired) electrons. The van der Waals surface area contributed by atoms with Crippen molar-refractivity contribution in [3.8, 4) is 0 Å². The average Bonchev–Trinajstić information content (AvgIpc) is 2.78. The van der Waals surface area contributed by atoms with Crippen molar-refractivity contribution in [3.63, 3.8) is 0 Å². The number of fused-ring (bicyclic) bond motifs is 1. The minimum absolute atomic E-state index is 0.0888. The maximum absolute atomic E-state index is 13.8. The highest BCUT2D eigenvalue weighted by molar-refractivity contribution is 7.92. The van der Waals surface area contributed by atoms with Gasteiger partial charge in [0.1, 0.15) is 5.25 Å². The Morgan fingerprint density at radius 2 is 1.15 bits per heavy atom. The Morgan fingerprint density at radius 1 is 0.618 bits per heavy atom. The number of benzene rings is 4. The molecule has 0 spiro atoms. The Morgan fingerprint density at radius 3 is 1.74 bits per heavy atom. The van der Waals surface area contributed by atoms with Gasteiger partial charge < -0.3 is 0 Å². The quantitative estimate of drug-likeness (QED) is 0.276. The zero-order chi connectivity index (χ0) is 24.7. The summed E-state index contributed by atoms with van der Waals surface area (Å²) in [6.07, 6.45) is -10.3. The molecular formula is C25H16F6O2S. The molecule has 1 unspecified atom stereocenters. The van der Waals surface area contributed by atoms with Crippen molar-refractivity contribution < 1.29 is 34.8 Å². The van der Waals surface area contributed by atoms with Crippen molar-refractivity contribution in [1.29, 1.82) is 0 Å². The van der Waals surface area contributed by atoms with Crippen molar-refractivity contribution in [3.05, 3.63) is 113 Å². The van der Waals surface area contributed by atoms with E-state index in [0.717, 1.165) is 0 Å². The van der Waals surface area contributed by atoms with Crippen LogP contribution in [0.15, 0.2) is 95.9 Å². The van der Waals surface area contributed by atoms with Crippen LogP contribution in [0.2, 0.25) is 0 Å². The Kier molecular flexibility index (Phi) is 5.93. The van der Waals surface area contributed by atoms with Gasteiger partial charge in [0.25, 0.3) is 0 Å². The molecule has 9 heteroatoms. The van der Waals surface area contributed by atoms with Gasteiger partial charge in [-0.25, -0.2) is 8.42 Å². The molecule has 2 nitrogen and oxygen atoms in total. The van der Waals surface area contributed by atoms with Crippen LogP contribution in [0.25, 0.3) is 10.8 Å². The fourth-order valence-corrected chi connectivity index (χ4v) is 5.77. The van der Waals surface area contributed by atoms with E-state index in [9.17, 15) is 34.8 Å². The Hall–Kier alpha value is -3.33. The van der Waals surface area contributed by atoms with Crippen LogP contribution < -0.4 is 0 Å². The van der Waals surface area contributed by atoms with Crippen molar-refractivity contribution in [2.24, 2.45) is 0 Å². The summed E-state index contributed by atoms with van der Waals surface area (Å²) in [5.74, 6) is 0. The highest BCUT2D eigenvalue weighted by atomic mass is 32.2. The van der Waals surface area contributed by atoms with Crippen LogP contribution in [0.3, 0.4) is 0 Å². The molecule has 176 valence electrons. The molecule has 4 aromatic carbocycles. The molecule has 0 fully saturated rings. The molecule has 0 aliphatic rings. The van der Waals surface area contributed by atoms with E-state index < -0.39 is 43.5 Å². The first-order valence-corrected chi connectivity index (χ1v) is 11.5. The standard InChI is InChI=1S/C25H16F6O2S/c26-24(27,28)18-13-19(25(29,30)31)15-20(14-18)34(32,33)23(17-8-2-1-3-9-17)22-12-6-10-16-7-4-5-11-21(16)22/h1-15,23H. The van der Waals surface area contributed by atoms with E-state index in [1.54, 1.807) is 54.6 Å². The van der Waals surface area contributed by atoms with Crippen LogP contribution in [-0.4, -0.2) is 8.42 Å². The molecule has 0 heterocycles. The van der Waals surface area contributed by atoms with Gasteiger partial charge in [-0.1, -0.05) is 72.8 Å². The van der Waals surface area contributed by atoms with Gasteiger partial charge in [-0.05, 0) is 40.1 Å².